The zero-order chi connectivity index (χ0) is 22.5. The van der Waals surface area contributed by atoms with Gasteiger partial charge in [-0.15, -0.1) is 4.40 Å². The van der Waals surface area contributed by atoms with Crippen molar-refractivity contribution >= 4 is 27.6 Å². The van der Waals surface area contributed by atoms with E-state index in [1.807, 2.05) is 0 Å². The number of carbonyl (C=O) groups is 1. The maximum Gasteiger partial charge on any atom is 0.305 e. The third-order valence-corrected chi connectivity index (χ3v) is 5.89. The van der Waals surface area contributed by atoms with Crippen LogP contribution in [-0.2, 0) is 10.0 Å². The van der Waals surface area contributed by atoms with Gasteiger partial charge < -0.3 is 19.2 Å². The van der Waals surface area contributed by atoms with Gasteiger partial charge in [0.05, 0.1) is 19.0 Å². The minimum Gasteiger partial charge on any atom is -0.494 e. The van der Waals surface area contributed by atoms with Crippen LogP contribution in [0.25, 0.3) is 0 Å². The number of hydrogen-bond acceptors (Lipinski definition) is 6. The first-order valence-corrected chi connectivity index (χ1v) is 10.4. The number of furan rings is 1. The molecule has 11 heteroatoms. The van der Waals surface area contributed by atoms with E-state index >= 15 is 0 Å². The number of para-hydroxylation sites is 1. The molecule has 0 saturated carbocycles. The van der Waals surface area contributed by atoms with Crippen molar-refractivity contribution in [2.75, 3.05) is 19.5 Å². The van der Waals surface area contributed by atoms with Gasteiger partial charge >= 0.3 is 5.91 Å². The minimum atomic E-state index is -3.96. The molecule has 0 fully saturated rings. The summed E-state index contributed by atoms with van der Waals surface area (Å²) < 4.78 is 43.7. The van der Waals surface area contributed by atoms with Crippen LogP contribution < -0.4 is 25.6 Å². The second-order valence-corrected chi connectivity index (χ2v) is 9.54. The molecule has 2 aromatic rings. The molecule has 0 radical (unpaired) electrons. The summed E-state index contributed by atoms with van der Waals surface area (Å²) in [5.74, 6) is 0.492. The molecule has 0 unspecified atom stereocenters. The largest absolute Gasteiger partial charge is 0.494 e. The summed E-state index contributed by atoms with van der Waals surface area (Å²) in [7, 11) is -1.05. The number of guanidine groups is 1. The van der Waals surface area contributed by atoms with Gasteiger partial charge in [0.25, 0.3) is 10.0 Å². The van der Waals surface area contributed by atoms with Gasteiger partial charge in [-0.3, -0.25) is 15.6 Å². The summed E-state index contributed by atoms with van der Waals surface area (Å²) in [6, 6.07) is 8.15. The predicted molar refractivity (Wildman–Crippen MR) is 113 cm³/mol. The maximum absolute atomic E-state index is 12.6. The molecule has 2 rings (SSSR count). The molecule has 0 saturated heterocycles. The molecule has 1 aromatic heterocycles. The molecule has 1 heterocycles. The van der Waals surface area contributed by atoms with E-state index in [2.05, 4.69) is 20.6 Å². The summed E-state index contributed by atoms with van der Waals surface area (Å²) in [4.78, 5) is 12.3. The fraction of sp³-hybridized carbons (Fsp3) is 0.368. The predicted octanol–water partition coefficient (Wildman–Crippen LogP) is 2.44. The lowest BCUT2D eigenvalue weighted by atomic mass is 10.2. The zero-order valence-electron chi connectivity index (χ0n) is 17.7. The number of ether oxygens (including phenoxy) is 2. The fourth-order valence-corrected chi connectivity index (χ4v) is 2.77. The lowest BCUT2D eigenvalue weighted by Gasteiger charge is -2.20. The van der Waals surface area contributed by atoms with Crippen LogP contribution in [-0.4, -0.2) is 39.3 Å². The molecule has 164 valence electrons. The number of benzene rings is 1. The van der Waals surface area contributed by atoms with E-state index in [1.54, 1.807) is 31.2 Å². The van der Waals surface area contributed by atoms with Crippen molar-refractivity contribution in [2.45, 2.75) is 32.4 Å². The number of hydrogen-bond donors (Lipinski definition) is 3. The van der Waals surface area contributed by atoms with E-state index in [0.29, 0.717) is 22.9 Å². The first-order valence-electron chi connectivity index (χ1n) is 8.94. The zero-order valence-corrected chi connectivity index (χ0v) is 18.5. The van der Waals surface area contributed by atoms with Crippen LogP contribution in [0.15, 0.2) is 39.1 Å². The maximum atomic E-state index is 12.6. The van der Waals surface area contributed by atoms with Crippen LogP contribution in [0, 0.1) is 6.92 Å². The Morgan fingerprint density at radius 1 is 1.03 bits per heavy atom. The number of aryl methyl sites for hydroxylation is 1. The molecule has 0 aliphatic heterocycles. The van der Waals surface area contributed by atoms with E-state index in [-0.39, 0.29) is 11.7 Å². The number of rotatable bonds is 5. The van der Waals surface area contributed by atoms with Gasteiger partial charge in [0.1, 0.15) is 22.9 Å². The topological polar surface area (TPSA) is 131 Å². The highest BCUT2D eigenvalue weighted by Gasteiger charge is 2.30. The van der Waals surface area contributed by atoms with Crippen LogP contribution in [0.4, 0.5) is 5.69 Å². The Kier molecular flexibility index (Phi) is 6.98. The number of anilines is 1. The molecule has 3 N–H and O–H groups in total. The molecule has 1 amide bonds. The Bertz CT molecular complexity index is 1020. The molecule has 0 spiro atoms. The second kappa shape index (κ2) is 9.08. The van der Waals surface area contributed by atoms with E-state index in [4.69, 9.17) is 13.9 Å². The molecular weight excluding hydrogens is 412 g/mol. The Hall–Kier alpha value is -3.21. The number of hydrazine groups is 1. The molecule has 0 bridgehead atoms. The van der Waals surface area contributed by atoms with Gasteiger partial charge in [0.2, 0.25) is 5.96 Å². The highest BCUT2D eigenvalue weighted by molar-refractivity contribution is 7.91. The average Bonchev–Trinajstić information content (AvgIpc) is 3.11. The van der Waals surface area contributed by atoms with Crippen LogP contribution in [0.3, 0.4) is 0 Å². The Morgan fingerprint density at radius 2 is 1.63 bits per heavy atom. The quantitative estimate of drug-likeness (QED) is 0.368. The highest BCUT2D eigenvalue weighted by Crippen LogP contribution is 2.34. The summed E-state index contributed by atoms with van der Waals surface area (Å²) in [5, 5.41) is 2.82. The van der Waals surface area contributed by atoms with Crippen molar-refractivity contribution in [2.24, 2.45) is 4.40 Å². The first kappa shape index (κ1) is 23.1. The van der Waals surface area contributed by atoms with Crippen molar-refractivity contribution in [1.29, 1.82) is 0 Å². The SMILES string of the molecule is COc1cccc(OC)c1N/C(=N/S(=O)(=O)C(C)(C)C)NNC(=O)c1ccc(C)o1. The van der Waals surface area contributed by atoms with E-state index in [1.165, 1.54) is 41.1 Å². The molecule has 0 atom stereocenters. The van der Waals surface area contributed by atoms with Gasteiger partial charge in [0.15, 0.2) is 5.76 Å². The van der Waals surface area contributed by atoms with Crippen LogP contribution >= 0.6 is 0 Å². The summed E-state index contributed by atoms with van der Waals surface area (Å²) >= 11 is 0. The third-order valence-electron chi connectivity index (χ3n) is 3.92. The van der Waals surface area contributed by atoms with E-state index < -0.39 is 20.7 Å². The second-order valence-electron chi connectivity index (χ2n) is 7.18. The molecular formula is C19H26N4O6S. The van der Waals surface area contributed by atoms with Crippen LogP contribution in [0.5, 0.6) is 11.5 Å². The minimum absolute atomic E-state index is 0.0490. The number of nitrogens with one attached hydrogen (secondary N) is 3. The van der Waals surface area contributed by atoms with Gasteiger partial charge in [0, 0.05) is 0 Å². The first-order chi connectivity index (χ1) is 14.0. The molecule has 10 nitrogen and oxygen atoms in total. The van der Waals surface area contributed by atoms with Gasteiger partial charge in [-0.25, -0.2) is 8.42 Å². The normalized spacial score (nSPS) is 12.3. The van der Waals surface area contributed by atoms with E-state index in [9.17, 15) is 13.2 Å². The summed E-state index contributed by atoms with van der Waals surface area (Å²) in [6.45, 7) is 6.23. The van der Waals surface area contributed by atoms with E-state index in [0.717, 1.165) is 0 Å². The average molecular weight is 439 g/mol. The summed E-state index contributed by atoms with van der Waals surface area (Å²) in [5.41, 5.74) is 5.18. The van der Waals surface area contributed by atoms with Crippen molar-refractivity contribution in [1.82, 2.24) is 10.9 Å². The highest BCUT2D eigenvalue weighted by atomic mass is 32.2. The smallest absolute Gasteiger partial charge is 0.305 e. The van der Waals surface area contributed by atoms with Crippen LogP contribution in [0.2, 0.25) is 0 Å². The number of amides is 1. The van der Waals surface area contributed by atoms with Crippen LogP contribution in [0.1, 0.15) is 37.1 Å². The monoisotopic (exact) mass is 438 g/mol. The Balaban J connectivity index is 2.39. The van der Waals surface area contributed by atoms with Gasteiger partial charge in [-0.1, -0.05) is 6.07 Å². The summed E-state index contributed by atoms with van der Waals surface area (Å²) in [6.07, 6.45) is 0. The Morgan fingerprint density at radius 3 is 2.10 bits per heavy atom. The van der Waals surface area contributed by atoms with Crippen molar-refractivity contribution in [3.63, 3.8) is 0 Å². The fourth-order valence-electron chi connectivity index (χ4n) is 2.16. The van der Waals surface area contributed by atoms with Crippen molar-refractivity contribution in [3.8, 4) is 11.5 Å². The molecule has 30 heavy (non-hydrogen) atoms. The molecule has 0 aliphatic carbocycles. The van der Waals surface area contributed by atoms with Crippen molar-refractivity contribution < 1.29 is 27.1 Å². The standard InChI is InChI=1S/C19H26N4O6S/c1-12-10-11-15(29-12)17(24)21-22-18(23-30(25,26)19(2,3)4)20-16-13(27-5)8-7-9-14(16)28-6/h7-11H,1-6H3,(H,21,24)(H2,20,22,23). The number of nitrogens with zero attached hydrogens (tertiary/aromatic N) is 1. The van der Waals surface area contributed by atoms with Gasteiger partial charge in [-0.2, -0.15) is 0 Å². The Labute approximate surface area is 175 Å². The molecule has 0 aliphatic rings. The lowest BCUT2D eigenvalue weighted by Crippen LogP contribution is -2.46. The number of methoxy groups -OCH3 is 2. The van der Waals surface area contributed by atoms with Crippen molar-refractivity contribution in [3.05, 3.63) is 41.9 Å². The molecule has 1 aromatic carbocycles. The van der Waals surface area contributed by atoms with Gasteiger partial charge in [-0.05, 0) is 52.0 Å². The number of carbonyl (C=O) groups excluding carboxylic acids is 1. The third kappa shape index (κ3) is 5.44. The number of sulfonamides is 1. The lowest BCUT2D eigenvalue weighted by molar-refractivity contribution is 0.0914.